The first-order valence-electron chi connectivity index (χ1n) is 10.6. The van der Waals surface area contributed by atoms with E-state index in [4.69, 9.17) is 11.6 Å². The Labute approximate surface area is 179 Å². The van der Waals surface area contributed by atoms with E-state index in [0.717, 1.165) is 37.6 Å². The predicted octanol–water partition coefficient (Wildman–Crippen LogP) is 5.82. The van der Waals surface area contributed by atoms with Crippen LogP contribution >= 0.6 is 11.6 Å². The molecule has 1 aliphatic heterocycles. The van der Waals surface area contributed by atoms with Crippen molar-refractivity contribution >= 4 is 17.3 Å². The van der Waals surface area contributed by atoms with Gasteiger partial charge in [-0.05, 0) is 73.2 Å². The lowest BCUT2D eigenvalue weighted by atomic mass is 9.89. The van der Waals surface area contributed by atoms with Gasteiger partial charge in [0.25, 0.3) is 0 Å². The minimum absolute atomic E-state index is 0.651. The van der Waals surface area contributed by atoms with Crippen molar-refractivity contribution in [3.8, 4) is 0 Å². The second-order valence-corrected chi connectivity index (χ2v) is 8.48. The summed E-state index contributed by atoms with van der Waals surface area (Å²) in [6.45, 7) is 4.20. The quantitative estimate of drug-likeness (QED) is 0.509. The van der Waals surface area contributed by atoms with Crippen LogP contribution in [0.3, 0.4) is 0 Å². The first-order chi connectivity index (χ1) is 14.3. The maximum atomic E-state index is 6.14. The third kappa shape index (κ3) is 5.62. The molecular weight excluding hydrogens is 376 g/mol. The van der Waals surface area contributed by atoms with E-state index in [1.165, 1.54) is 23.2 Å². The maximum absolute atomic E-state index is 6.14. The highest BCUT2D eigenvalue weighted by atomic mass is 35.5. The van der Waals surface area contributed by atoms with Crippen LogP contribution < -0.4 is 10.2 Å². The molecule has 0 aliphatic carbocycles. The summed E-state index contributed by atoms with van der Waals surface area (Å²) >= 11 is 6.14. The van der Waals surface area contributed by atoms with Crippen LogP contribution in [0, 0.1) is 11.8 Å². The van der Waals surface area contributed by atoms with Crippen LogP contribution in [0.25, 0.3) is 0 Å². The lowest BCUT2D eigenvalue weighted by Gasteiger charge is -2.30. The van der Waals surface area contributed by atoms with E-state index < -0.39 is 0 Å². The standard InChI is InChI=1S/C26H29ClN2/c27-25-13-15-26(16-14-25)29(19-22-9-5-2-6-10-22)20-24-18-28-17-23(24)12-11-21-7-3-1-4-8-21/h1-10,13-16,23-24,28H,11-12,17-20H2. The molecular formula is C26H29ClN2. The van der Waals surface area contributed by atoms with E-state index in [9.17, 15) is 0 Å². The summed E-state index contributed by atoms with van der Waals surface area (Å²) in [7, 11) is 0. The number of hydrogen-bond donors (Lipinski definition) is 1. The molecule has 150 valence electrons. The highest BCUT2D eigenvalue weighted by molar-refractivity contribution is 6.30. The topological polar surface area (TPSA) is 15.3 Å². The zero-order valence-corrected chi connectivity index (χ0v) is 17.6. The molecule has 0 radical (unpaired) electrons. The molecule has 3 aromatic rings. The van der Waals surface area contributed by atoms with Crippen molar-refractivity contribution in [1.29, 1.82) is 0 Å². The highest BCUT2D eigenvalue weighted by Gasteiger charge is 2.28. The Morgan fingerprint density at radius 1 is 0.759 bits per heavy atom. The van der Waals surface area contributed by atoms with Gasteiger partial charge >= 0.3 is 0 Å². The second kappa shape index (κ2) is 9.96. The van der Waals surface area contributed by atoms with E-state index >= 15 is 0 Å². The largest absolute Gasteiger partial charge is 0.367 e. The number of aryl methyl sites for hydroxylation is 1. The molecule has 1 heterocycles. The van der Waals surface area contributed by atoms with Gasteiger partial charge in [0.2, 0.25) is 0 Å². The van der Waals surface area contributed by atoms with Crippen LogP contribution in [0.5, 0.6) is 0 Å². The molecule has 1 fully saturated rings. The first-order valence-corrected chi connectivity index (χ1v) is 10.9. The van der Waals surface area contributed by atoms with Gasteiger partial charge in [0.05, 0.1) is 0 Å². The number of halogens is 1. The maximum Gasteiger partial charge on any atom is 0.0429 e. The van der Waals surface area contributed by atoms with Crippen molar-refractivity contribution in [2.45, 2.75) is 19.4 Å². The SMILES string of the molecule is Clc1ccc(N(Cc2ccccc2)CC2CNCC2CCc2ccccc2)cc1. The number of rotatable bonds is 8. The number of benzene rings is 3. The third-order valence-electron chi connectivity index (χ3n) is 5.99. The third-order valence-corrected chi connectivity index (χ3v) is 6.24. The number of anilines is 1. The summed E-state index contributed by atoms with van der Waals surface area (Å²) in [5.41, 5.74) is 4.03. The van der Waals surface area contributed by atoms with Crippen molar-refractivity contribution in [2.75, 3.05) is 24.5 Å². The summed E-state index contributed by atoms with van der Waals surface area (Å²) in [4.78, 5) is 2.51. The molecule has 1 saturated heterocycles. The van der Waals surface area contributed by atoms with Gasteiger partial charge in [0, 0.05) is 23.8 Å². The van der Waals surface area contributed by atoms with Crippen LogP contribution in [0.2, 0.25) is 5.02 Å². The summed E-state index contributed by atoms with van der Waals surface area (Å²) in [5, 5.41) is 4.43. The lowest BCUT2D eigenvalue weighted by Crippen LogP contribution is -2.32. The fraction of sp³-hybridized carbons (Fsp3) is 0.308. The van der Waals surface area contributed by atoms with Crippen molar-refractivity contribution < 1.29 is 0 Å². The van der Waals surface area contributed by atoms with Gasteiger partial charge < -0.3 is 10.2 Å². The van der Waals surface area contributed by atoms with Gasteiger partial charge in [0.1, 0.15) is 0 Å². The molecule has 0 aromatic heterocycles. The minimum Gasteiger partial charge on any atom is -0.367 e. The monoisotopic (exact) mass is 404 g/mol. The Morgan fingerprint density at radius 3 is 2.07 bits per heavy atom. The zero-order chi connectivity index (χ0) is 19.9. The van der Waals surface area contributed by atoms with Crippen molar-refractivity contribution in [3.63, 3.8) is 0 Å². The Hall–Kier alpha value is -2.29. The first kappa shape index (κ1) is 20.0. The van der Waals surface area contributed by atoms with Gasteiger partial charge in [-0.25, -0.2) is 0 Å². The van der Waals surface area contributed by atoms with E-state index in [1.807, 2.05) is 12.1 Å². The van der Waals surface area contributed by atoms with Crippen LogP contribution in [-0.2, 0) is 13.0 Å². The molecule has 2 atom stereocenters. The van der Waals surface area contributed by atoms with Crippen LogP contribution in [0.1, 0.15) is 17.5 Å². The highest BCUT2D eigenvalue weighted by Crippen LogP contribution is 2.27. The van der Waals surface area contributed by atoms with Gasteiger partial charge in [-0.1, -0.05) is 72.3 Å². The van der Waals surface area contributed by atoms with E-state index in [-0.39, 0.29) is 0 Å². The van der Waals surface area contributed by atoms with Gasteiger partial charge in [0.15, 0.2) is 0 Å². The molecule has 3 heteroatoms. The second-order valence-electron chi connectivity index (χ2n) is 8.05. The Balaban J connectivity index is 1.46. The Morgan fingerprint density at radius 2 is 1.38 bits per heavy atom. The molecule has 3 aromatic carbocycles. The Kier molecular flexibility index (Phi) is 6.87. The predicted molar refractivity (Wildman–Crippen MR) is 124 cm³/mol. The van der Waals surface area contributed by atoms with Gasteiger partial charge in [-0.3, -0.25) is 0 Å². The number of nitrogens with one attached hydrogen (secondary N) is 1. The normalized spacial score (nSPS) is 18.7. The molecule has 0 saturated carbocycles. The Bertz CT molecular complexity index is 864. The summed E-state index contributed by atoms with van der Waals surface area (Å²) in [6.07, 6.45) is 2.39. The number of nitrogens with zero attached hydrogens (tertiary/aromatic N) is 1. The summed E-state index contributed by atoms with van der Waals surface area (Å²) in [5.74, 6) is 1.36. The fourth-order valence-electron chi connectivity index (χ4n) is 4.34. The molecule has 4 rings (SSSR count). The van der Waals surface area contributed by atoms with E-state index in [0.29, 0.717) is 11.8 Å². The van der Waals surface area contributed by atoms with Crippen LogP contribution in [0.4, 0.5) is 5.69 Å². The van der Waals surface area contributed by atoms with Crippen LogP contribution in [0.15, 0.2) is 84.9 Å². The lowest BCUT2D eigenvalue weighted by molar-refractivity contribution is 0.391. The molecule has 29 heavy (non-hydrogen) atoms. The van der Waals surface area contributed by atoms with Crippen molar-refractivity contribution in [2.24, 2.45) is 11.8 Å². The summed E-state index contributed by atoms with van der Waals surface area (Å²) in [6, 6.07) is 29.9. The fourth-order valence-corrected chi connectivity index (χ4v) is 4.46. The van der Waals surface area contributed by atoms with Crippen molar-refractivity contribution in [1.82, 2.24) is 5.32 Å². The molecule has 0 bridgehead atoms. The molecule has 2 nitrogen and oxygen atoms in total. The summed E-state index contributed by atoms with van der Waals surface area (Å²) < 4.78 is 0. The van der Waals surface area contributed by atoms with E-state index in [1.54, 1.807) is 0 Å². The van der Waals surface area contributed by atoms with E-state index in [2.05, 4.69) is 83.0 Å². The molecule has 1 aliphatic rings. The number of hydrogen-bond acceptors (Lipinski definition) is 2. The van der Waals surface area contributed by atoms with Gasteiger partial charge in [-0.2, -0.15) is 0 Å². The average molecular weight is 405 g/mol. The minimum atomic E-state index is 0.651. The average Bonchev–Trinajstić information content (AvgIpc) is 3.21. The smallest absolute Gasteiger partial charge is 0.0429 e. The van der Waals surface area contributed by atoms with Gasteiger partial charge in [-0.15, -0.1) is 0 Å². The van der Waals surface area contributed by atoms with Crippen LogP contribution in [-0.4, -0.2) is 19.6 Å². The molecule has 2 unspecified atom stereocenters. The molecule has 1 N–H and O–H groups in total. The molecule has 0 spiro atoms. The zero-order valence-electron chi connectivity index (χ0n) is 16.8. The van der Waals surface area contributed by atoms with Crippen molar-refractivity contribution in [3.05, 3.63) is 101 Å². The molecule has 0 amide bonds.